The molecule has 2 aromatic rings. The summed E-state index contributed by atoms with van der Waals surface area (Å²) in [6.07, 6.45) is 3.05. The van der Waals surface area contributed by atoms with Crippen LogP contribution in [0.25, 0.3) is 11.1 Å². The van der Waals surface area contributed by atoms with E-state index in [2.05, 4.69) is 54.5 Å². The largest absolute Gasteiger partial charge is 0.313 e. The first-order valence-electron chi connectivity index (χ1n) is 6.94. The Labute approximate surface area is 115 Å². The molecule has 0 radical (unpaired) electrons. The molecule has 0 saturated heterocycles. The lowest BCUT2D eigenvalue weighted by Gasteiger charge is -2.10. The third kappa shape index (κ3) is 3.65. The van der Waals surface area contributed by atoms with Gasteiger partial charge in [0.25, 0.3) is 0 Å². The molecule has 1 aromatic carbocycles. The molecule has 0 amide bonds. The zero-order valence-electron chi connectivity index (χ0n) is 12.0. The lowest BCUT2D eigenvalue weighted by molar-refractivity contribution is 0.675. The van der Waals surface area contributed by atoms with E-state index < -0.39 is 0 Å². The number of rotatable bonds is 5. The van der Waals surface area contributed by atoms with Crippen LogP contribution in [-0.2, 0) is 6.54 Å². The van der Waals surface area contributed by atoms with Crippen molar-refractivity contribution < 1.29 is 0 Å². The molecule has 0 unspecified atom stereocenters. The van der Waals surface area contributed by atoms with Crippen molar-refractivity contribution in [3.05, 3.63) is 53.3 Å². The molecule has 0 bridgehead atoms. The Balaban J connectivity index is 2.19. The van der Waals surface area contributed by atoms with Gasteiger partial charge in [-0.2, -0.15) is 0 Å². The standard InChI is InChI=1S/C17H22N2/c1-4-8-18-12-15-5-6-17(13(2)10-15)16-7-9-19-14(3)11-16/h5-7,9-11,18H,4,8,12H2,1-3H3. The second kappa shape index (κ2) is 6.48. The molecular formula is C17H22N2. The molecule has 19 heavy (non-hydrogen) atoms. The third-order valence-corrected chi connectivity index (χ3v) is 3.25. The van der Waals surface area contributed by atoms with Gasteiger partial charge in [0, 0.05) is 18.4 Å². The van der Waals surface area contributed by atoms with E-state index in [1.165, 1.54) is 28.7 Å². The number of nitrogens with zero attached hydrogens (tertiary/aromatic N) is 1. The Hall–Kier alpha value is -1.67. The van der Waals surface area contributed by atoms with Gasteiger partial charge in [0.15, 0.2) is 0 Å². The highest BCUT2D eigenvalue weighted by Gasteiger charge is 2.03. The summed E-state index contributed by atoms with van der Waals surface area (Å²) in [5.74, 6) is 0. The first-order valence-corrected chi connectivity index (χ1v) is 6.94. The highest BCUT2D eigenvalue weighted by molar-refractivity contribution is 5.67. The summed E-state index contributed by atoms with van der Waals surface area (Å²) in [5, 5.41) is 3.44. The minimum absolute atomic E-state index is 0.949. The van der Waals surface area contributed by atoms with Gasteiger partial charge in [-0.3, -0.25) is 4.98 Å². The van der Waals surface area contributed by atoms with Crippen molar-refractivity contribution in [3.8, 4) is 11.1 Å². The fraction of sp³-hybridized carbons (Fsp3) is 0.353. The van der Waals surface area contributed by atoms with Gasteiger partial charge in [-0.15, -0.1) is 0 Å². The summed E-state index contributed by atoms with van der Waals surface area (Å²) in [5.41, 5.74) is 6.27. The summed E-state index contributed by atoms with van der Waals surface area (Å²) in [4.78, 5) is 4.25. The minimum atomic E-state index is 0.949. The Morgan fingerprint density at radius 1 is 1.11 bits per heavy atom. The summed E-state index contributed by atoms with van der Waals surface area (Å²) in [7, 11) is 0. The fourth-order valence-electron chi connectivity index (χ4n) is 2.28. The van der Waals surface area contributed by atoms with Crippen molar-refractivity contribution in [1.82, 2.24) is 10.3 Å². The summed E-state index contributed by atoms with van der Waals surface area (Å²) in [6.45, 7) is 8.41. The van der Waals surface area contributed by atoms with Gasteiger partial charge in [0.1, 0.15) is 0 Å². The van der Waals surface area contributed by atoms with E-state index in [4.69, 9.17) is 0 Å². The van der Waals surface area contributed by atoms with Crippen LogP contribution in [0.15, 0.2) is 36.5 Å². The average molecular weight is 254 g/mol. The third-order valence-electron chi connectivity index (χ3n) is 3.25. The normalized spacial score (nSPS) is 10.7. The molecule has 1 aromatic heterocycles. The number of aromatic nitrogens is 1. The predicted octanol–water partition coefficient (Wildman–Crippen LogP) is 3.87. The van der Waals surface area contributed by atoms with Gasteiger partial charge in [0.2, 0.25) is 0 Å². The second-order valence-corrected chi connectivity index (χ2v) is 5.01. The SMILES string of the molecule is CCCNCc1ccc(-c2ccnc(C)c2)c(C)c1. The average Bonchev–Trinajstić information content (AvgIpc) is 2.39. The van der Waals surface area contributed by atoms with E-state index in [0.717, 1.165) is 18.8 Å². The van der Waals surface area contributed by atoms with Crippen molar-refractivity contribution in [3.63, 3.8) is 0 Å². The molecule has 1 N–H and O–H groups in total. The number of aryl methyl sites for hydroxylation is 2. The van der Waals surface area contributed by atoms with Crippen molar-refractivity contribution >= 4 is 0 Å². The molecule has 0 spiro atoms. The monoisotopic (exact) mass is 254 g/mol. The zero-order chi connectivity index (χ0) is 13.7. The summed E-state index contributed by atoms with van der Waals surface area (Å²) < 4.78 is 0. The molecule has 2 nitrogen and oxygen atoms in total. The van der Waals surface area contributed by atoms with Gasteiger partial charge in [0.05, 0.1) is 0 Å². The topological polar surface area (TPSA) is 24.9 Å². The Morgan fingerprint density at radius 2 is 1.95 bits per heavy atom. The molecule has 100 valence electrons. The Kier molecular flexibility index (Phi) is 4.69. The first-order chi connectivity index (χ1) is 9.20. The minimum Gasteiger partial charge on any atom is -0.313 e. The van der Waals surface area contributed by atoms with Gasteiger partial charge in [-0.1, -0.05) is 25.1 Å². The van der Waals surface area contributed by atoms with Crippen LogP contribution in [0, 0.1) is 13.8 Å². The number of benzene rings is 1. The van der Waals surface area contributed by atoms with Crippen molar-refractivity contribution in [2.45, 2.75) is 33.7 Å². The molecule has 0 fully saturated rings. The molecule has 0 atom stereocenters. The molecule has 1 heterocycles. The lowest BCUT2D eigenvalue weighted by Crippen LogP contribution is -2.13. The molecule has 0 saturated carbocycles. The maximum Gasteiger partial charge on any atom is 0.0378 e. The number of nitrogens with one attached hydrogen (secondary N) is 1. The van der Waals surface area contributed by atoms with Crippen molar-refractivity contribution in [2.24, 2.45) is 0 Å². The highest BCUT2D eigenvalue weighted by Crippen LogP contribution is 2.24. The van der Waals surface area contributed by atoms with Crippen LogP contribution in [0.2, 0.25) is 0 Å². The molecular weight excluding hydrogens is 232 g/mol. The quantitative estimate of drug-likeness (QED) is 0.819. The van der Waals surface area contributed by atoms with Gasteiger partial charge >= 0.3 is 0 Å². The zero-order valence-corrected chi connectivity index (χ0v) is 12.0. The Bertz CT molecular complexity index is 547. The van der Waals surface area contributed by atoms with Crippen LogP contribution in [0.4, 0.5) is 0 Å². The molecule has 0 aliphatic carbocycles. The second-order valence-electron chi connectivity index (χ2n) is 5.01. The fourth-order valence-corrected chi connectivity index (χ4v) is 2.28. The van der Waals surface area contributed by atoms with Crippen LogP contribution in [0.3, 0.4) is 0 Å². The maximum atomic E-state index is 4.25. The smallest absolute Gasteiger partial charge is 0.0378 e. The van der Waals surface area contributed by atoms with Crippen LogP contribution >= 0.6 is 0 Å². The van der Waals surface area contributed by atoms with E-state index in [0.29, 0.717) is 0 Å². The predicted molar refractivity (Wildman–Crippen MR) is 81.1 cm³/mol. The van der Waals surface area contributed by atoms with E-state index >= 15 is 0 Å². The van der Waals surface area contributed by atoms with Crippen LogP contribution in [0.5, 0.6) is 0 Å². The highest BCUT2D eigenvalue weighted by atomic mass is 14.8. The molecule has 0 aliphatic heterocycles. The molecule has 2 rings (SSSR count). The van der Waals surface area contributed by atoms with Crippen LogP contribution < -0.4 is 5.32 Å². The van der Waals surface area contributed by atoms with E-state index in [1.807, 2.05) is 13.1 Å². The first kappa shape index (κ1) is 13.8. The van der Waals surface area contributed by atoms with Crippen molar-refractivity contribution in [2.75, 3.05) is 6.54 Å². The number of hydrogen-bond donors (Lipinski definition) is 1. The van der Waals surface area contributed by atoms with Gasteiger partial charge in [-0.25, -0.2) is 0 Å². The van der Waals surface area contributed by atoms with Gasteiger partial charge < -0.3 is 5.32 Å². The number of hydrogen-bond acceptors (Lipinski definition) is 2. The Morgan fingerprint density at radius 3 is 2.63 bits per heavy atom. The van der Waals surface area contributed by atoms with Gasteiger partial charge in [-0.05, 0) is 61.2 Å². The maximum absolute atomic E-state index is 4.25. The summed E-state index contributed by atoms with van der Waals surface area (Å²) in [6, 6.07) is 10.9. The van der Waals surface area contributed by atoms with E-state index in [1.54, 1.807) is 0 Å². The van der Waals surface area contributed by atoms with Crippen molar-refractivity contribution in [1.29, 1.82) is 0 Å². The van der Waals surface area contributed by atoms with Crippen LogP contribution in [-0.4, -0.2) is 11.5 Å². The summed E-state index contributed by atoms with van der Waals surface area (Å²) >= 11 is 0. The molecule has 2 heteroatoms. The lowest BCUT2D eigenvalue weighted by atomic mass is 9.98. The van der Waals surface area contributed by atoms with E-state index in [9.17, 15) is 0 Å². The number of pyridine rings is 1. The molecule has 0 aliphatic rings. The van der Waals surface area contributed by atoms with E-state index in [-0.39, 0.29) is 0 Å². The van der Waals surface area contributed by atoms with Crippen LogP contribution in [0.1, 0.15) is 30.2 Å².